The third-order valence-corrected chi connectivity index (χ3v) is 15.8. The molecule has 0 fully saturated rings. The summed E-state index contributed by atoms with van der Waals surface area (Å²) in [5.41, 5.74) is 19.9. The van der Waals surface area contributed by atoms with Crippen molar-refractivity contribution < 1.29 is 22.7 Å². The van der Waals surface area contributed by atoms with Crippen molar-refractivity contribution in [3.63, 3.8) is 0 Å². The number of aryl methyl sites for hydroxylation is 2. The Bertz CT molecular complexity index is 1480. The van der Waals surface area contributed by atoms with Gasteiger partial charge in [-0.05, 0) is 73.9 Å². The number of rotatable bonds is 45. The molecule has 1 heterocycles. The van der Waals surface area contributed by atoms with Crippen LogP contribution in [0.2, 0.25) is 9.79 Å². The van der Waals surface area contributed by atoms with Gasteiger partial charge in [-0.25, -0.2) is 4.70 Å². The molecule has 67 heavy (non-hydrogen) atoms. The minimum absolute atomic E-state index is 0.924. The SMILES string of the molecule is CCCCCCCCCCCCCCCCCCCCCCCCCCc1cccc(C2=CC(CCCC)=C(c3ccc(CCCCCCCCCCCCCC)cc3)[N+]2=[N-])c1.C[CH2][Pd][CH2]C. The molecule has 0 saturated heterocycles. The van der Waals surface area contributed by atoms with Crippen LogP contribution < -0.4 is 0 Å². The molecule has 0 saturated carbocycles. The fraction of sp³-hybridized carbons (Fsp3) is 0.750. The van der Waals surface area contributed by atoms with E-state index in [0.717, 1.165) is 72.6 Å². The Hall–Kier alpha value is -1.82. The second-order valence-electron chi connectivity index (χ2n) is 20.3. The van der Waals surface area contributed by atoms with Crippen molar-refractivity contribution in [1.82, 2.24) is 0 Å². The van der Waals surface area contributed by atoms with Gasteiger partial charge < -0.3 is 5.53 Å². The summed E-state index contributed by atoms with van der Waals surface area (Å²) in [6, 6.07) is 18.1. The monoisotopic (exact) mass is 1010 g/mol. The predicted octanol–water partition coefficient (Wildman–Crippen LogP) is 22.8. The van der Waals surface area contributed by atoms with E-state index in [1.54, 1.807) is 0 Å². The Morgan fingerprint density at radius 2 is 0.716 bits per heavy atom. The standard InChI is InChI=1S/C60H100N2.2C2H5.Pd/c1-4-7-10-12-14-16-18-20-21-22-23-24-25-26-27-28-29-30-31-33-35-37-39-41-44-55-45-42-47-57(52-55)59-53-58(46-9-6-3)60(62(59)61)56-50-48-54(49-51-56)43-40-38-36-34-32-19-17-15-13-11-8-5-2;2*1-2;/h42,45,47-53H,4-41,43-44,46H2,1-3H3;2*1H2,2H3;. The molecule has 2 aromatic rings. The molecule has 0 aliphatic carbocycles. The molecule has 3 heteroatoms. The van der Waals surface area contributed by atoms with Crippen LogP contribution in [-0.2, 0) is 30.8 Å². The number of hydrogen-bond acceptors (Lipinski definition) is 0. The zero-order chi connectivity index (χ0) is 48.1. The molecule has 1 aliphatic heterocycles. The van der Waals surface area contributed by atoms with Crippen molar-refractivity contribution in [3.8, 4) is 0 Å². The third-order valence-electron chi connectivity index (χ3n) is 14.3. The summed E-state index contributed by atoms with van der Waals surface area (Å²) in [6.07, 6.45) is 58.9. The third kappa shape index (κ3) is 31.9. The van der Waals surface area contributed by atoms with Gasteiger partial charge in [-0.1, -0.05) is 270 Å². The van der Waals surface area contributed by atoms with Gasteiger partial charge in [0.05, 0.1) is 0 Å². The second-order valence-corrected chi connectivity index (χ2v) is 23.3. The molecule has 0 N–H and O–H groups in total. The van der Waals surface area contributed by atoms with Gasteiger partial charge in [0.2, 0.25) is 11.4 Å². The van der Waals surface area contributed by atoms with Crippen LogP contribution in [0.4, 0.5) is 0 Å². The normalized spacial score (nSPS) is 12.6. The number of hydrogen-bond donors (Lipinski definition) is 0. The molecule has 0 unspecified atom stereocenters. The van der Waals surface area contributed by atoms with E-state index < -0.39 is 0 Å². The first-order valence-electron chi connectivity index (χ1n) is 29.7. The Morgan fingerprint density at radius 1 is 0.358 bits per heavy atom. The molecular formula is C64H110N2Pd. The Balaban J connectivity index is 0.00000292. The molecule has 0 bridgehead atoms. The first kappa shape index (κ1) is 61.3. The summed E-state index contributed by atoms with van der Waals surface area (Å²) in [5.74, 6) is 0. The van der Waals surface area contributed by atoms with Gasteiger partial charge >= 0.3 is 41.6 Å². The summed E-state index contributed by atoms with van der Waals surface area (Å²) in [7, 11) is 0. The summed E-state index contributed by atoms with van der Waals surface area (Å²) in [5, 5.41) is 0. The van der Waals surface area contributed by atoms with Crippen LogP contribution in [0.15, 0.2) is 60.2 Å². The van der Waals surface area contributed by atoms with Crippen LogP contribution in [0.25, 0.3) is 16.9 Å². The Morgan fingerprint density at radius 3 is 1.07 bits per heavy atom. The van der Waals surface area contributed by atoms with Gasteiger partial charge in [-0.3, -0.25) is 0 Å². The van der Waals surface area contributed by atoms with E-state index in [2.05, 4.69) is 89.2 Å². The number of benzene rings is 2. The van der Waals surface area contributed by atoms with E-state index in [9.17, 15) is 5.53 Å². The van der Waals surface area contributed by atoms with Crippen molar-refractivity contribution in [2.75, 3.05) is 0 Å². The maximum atomic E-state index is 11.7. The van der Waals surface area contributed by atoms with Crippen LogP contribution in [0, 0.1) is 0 Å². The van der Waals surface area contributed by atoms with E-state index in [1.165, 1.54) is 262 Å². The van der Waals surface area contributed by atoms with Crippen molar-refractivity contribution in [2.45, 2.75) is 308 Å². The molecule has 0 atom stereocenters. The van der Waals surface area contributed by atoms with Crippen molar-refractivity contribution in [1.29, 1.82) is 0 Å². The number of nitrogens with zero attached hydrogens (tertiary/aromatic N) is 2. The number of unbranched alkanes of at least 4 members (excludes halogenated alkanes) is 35. The molecular weight excluding hydrogens is 903 g/mol. The van der Waals surface area contributed by atoms with Crippen LogP contribution in [0.3, 0.4) is 0 Å². The van der Waals surface area contributed by atoms with Crippen molar-refractivity contribution >= 4 is 11.4 Å². The van der Waals surface area contributed by atoms with Gasteiger partial charge in [0, 0.05) is 22.8 Å². The average Bonchev–Trinajstić information content (AvgIpc) is 3.68. The first-order chi connectivity index (χ1) is 33.1. The van der Waals surface area contributed by atoms with Crippen LogP contribution >= 0.6 is 0 Å². The van der Waals surface area contributed by atoms with Gasteiger partial charge in [0.15, 0.2) is 0 Å². The van der Waals surface area contributed by atoms with E-state index >= 15 is 0 Å². The predicted molar refractivity (Wildman–Crippen MR) is 297 cm³/mol. The molecule has 1 aliphatic rings. The summed E-state index contributed by atoms with van der Waals surface area (Å²) < 4.78 is 1.49. The van der Waals surface area contributed by atoms with Crippen molar-refractivity contribution in [2.24, 2.45) is 0 Å². The maximum absolute atomic E-state index is 11.7. The van der Waals surface area contributed by atoms with Gasteiger partial charge in [0.25, 0.3) is 0 Å². The van der Waals surface area contributed by atoms with E-state index in [4.69, 9.17) is 0 Å². The van der Waals surface area contributed by atoms with Gasteiger partial charge in [0.1, 0.15) is 0 Å². The van der Waals surface area contributed by atoms with E-state index in [0.29, 0.717) is 0 Å². The first-order valence-corrected chi connectivity index (χ1v) is 31.9. The molecule has 0 radical (unpaired) electrons. The Labute approximate surface area is 427 Å². The summed E-state index contributed by atoms with van der Waals surface area (Å²) >= 11 is 1.04. The summed E-state index contributed by atoms with van der Waals surface area (Å²) in [6.45, 7) is 11.3. The molecule has 0 spiro atoms. The topological polar surface area (TPSA) is 25.3 Å². The minimum atomic E-state index is 0.924. The molecule has 386 valence electrons. The van der Waals surface area contributed by atoms with Gasteiger partial charge in [-0.15, -0.1) is 0 Å². The zero-order valence-corrected chi connectivity index (χ0v) is 46.9. The average molecular weight is 1010 g/mol. The van der Waals surface area contributed by atoms with Crippen molar-refractivity contribution in [3.05, 3.63) is 88.0 Å². The zero-order valence-electron chi connectivity index (χ0n) is 45.3. The molecule has 3 rings (SSSR count). The quantitative estimate of drug-likeness (QED) is 0.0359. The van der Waals surface area contributed by atoms with E-state index in [-0.39, 0.29) is 0 Å². The van der Waals surface area contributed by atoms with Gasteiger partial charge in [-0.2, -0.15) is 0 Å². The van der Waals surface area contributed by atoms with Crippen LogP contribution in [-0.4, -0.2) is 4.70 Å². The van der Waals surface area contributed by atoms with Crippen LogP contribution in [0.1, 0.15) is 307 Å². The molecule has 0 aromatic heterocycles. The molecule has 0 amide bonds. The van der Waals surface area contributed by atoms with Crippen LogP contribution in [0.5, 0.6) is 0 Å². The Kier molecular flexibility index (Phi) is 41.5. The number of allylic oxidation sites excluding steroid dienone is 2. The fourth-order valence-electron chi connectivity index (χ4n) is 9.96. The molecule has 2 nitrogen and oxygen atoms in total. The van der Waals surface area contributed by atoms with E-state index in [1.807, 2.05) is 0 Å². The fourth-order valence-corrected chi connectivity index (χ4v) is 10.7. The summed E-state index contributed by atoms with van der Waals surface area (Å²) in [4.78, 5) is 2.79. The molecule has 2 aromatic carbocycles. The second kappa shape index (κ2) is 45.3.